The van der Waals surface area contributed by atoms with E-state index in [0.717, 1.165) is 24.8 Å². The van der Waals surface area contributed by atoms with Gasteiger partial charge in [-0.3, -0.25) is 19.1 Å². The number of benzene rings is 1. The summed E-state index contributed by atoms with van der Waals surface area (Å²) in [6, 6.07) is 8.12. The van der Waals surface area contributed by atoms with Crippen molar-refractivity contribution in [2.24, 2.45) is 0 Å². The summed E-state index contributed by atoms with van der Waals surface area (Å²) in [5.74, 6) is 0.0213. The topological polar surface area (TPSA) is 78.1 Å². The summed E-state index contributed by atoms with van der Waals surface area (Å²) in [5.41, 5.74) is 1.61. The third kappa shape index (κ3) is 5.65. The minimum Gasteiger partial charge on any atom is -0.367 e. The maximum absolute atomic E-state index is 13.4. The molecule has 184 valence electrons. The number of nitriles is 1. The largest absolute Gasteiger partial charge is 0.367 e. The Morgan fingerprint density at radius 2 is 1.94 bits per heavy atom. The summed E-state index contributed by atoms with van der Waals surface area (Å²) in [6.07, 6.45) is 4.10. The minimum absolute atomic E-state index is 0.0289. The van der Waals surface area contributed by atoms with E-state index in [-0.39, 0.29) is 28.9 Å². The van der Waals surface area contributed by atoms with Gasteiger partial charge < -0.3 is 5.32 Å². The Morgan fingerprint density at radius 3 is 2.54 bits per heavy atom. The molecule has 2 heterocycles. The lowest BCUT2D eigenvalue weighted by atomic mass is 10.0. The van der Waals surface area contributed by atoms with Crippen molar-refractivity contribution >= 4 is 46.1 Å². The van der Waals surface area contributed by atoms with Crippen LogP contribution in [0.3, 0.4) is 0 Å². The molecule has 1 atom stereocenters. The first-order valence-corrected chi connectivity index (χ1v) is 12.9. The number of hydrogen-bond acceptors (Lipinski definition) is 6. The van der Waals surface area contributed by atoms with Crippen LogP contribution < -0.4 is 10.9 Å². The molecule has 0 radical (unpaired) electrons. The van der Waals surface area contributed by atoms with E-state index in [1.807, 2.05) is 26.8 Å². The summed E-state index contributed by atoms with van der Waals surface area (Å²) in [6.45, 7) is 8.45. The molecule has 1 N–H and O–H groups in total. The van der Waals surface area contributed by atoms with E-state index in [0.29, 0.717) is 39.3 Å². The Bertz CT molecular complexity index is 1260. The van der Waals surface area contributed by atoms with Crippen LogP contribution in [0.1, 0.15) is 62.3 Å². The number of thioether (sulfide) groups is 1. The van der Waals surface area contributed by atoms with Crippen molar-refractivity contribution in [2.45, 2.75) is 66.1 Å². The van der Waals surface area contributed by atoms with Crippen molar-refractivity contribution < 1.29 is 9.18 Å². The predicted molar refractivity (Wildman–Crippen MR) is 144 cm³/mol. The molecule has 1 amide bonds. The van der Waals surface area contributed by atoms with Gasteiger partial charge in [0.25, 0.3) is 11.5 Å². The van der Waals surface area contributed by atoms with Crippen molar-refractivity contribution in [3.63, 3.8) is 0 Å². The number of aromatic nitrogens is 1. The minimum atomic E-state index is -0.371. The Labute approximate surface area is 214 Å². The van der Waals surface area contributed by atoms with E-state index >= 15 is 0 Å². The van der Waals surface area contributed by atoms with Crippen LogP contribution >= 0.6 is 24.0 Å². The predicted octanol–water partition coefficient (Wildman–Crippen LogP) is 5.58. The molecular formula is C26H29FN4O2S2. The van der Waals surface area contributed by atoms with Crippen molar-refractivity contribution in [1.82, 2.24) is 9.47 Å². The fourth-order valence-electron chi connectivity index (χ4n) is 3.84. The molecule has 1 aliphatic rings. The second-order valence-electron chi connectivity index (χ2n) is 8.47. The van der Waals surface area contributed by atoms with Crippen molar-refractivity contribution in [1.29, 1.82) is 5.26 Å². The van der Waals surface area contributed by atoms with Crippen LogP contribution in [0.2, 0.25) is 0 Å². The van der Waals surface area contributed by atoms with Crippen LogP contribution in [-0.4, -0.2) is 25.7 Å². The van der Waals surface area contributed by atoms with Gasteiger partial charge in [-0.05, 0) is 56.0 Å². The van der Waals surface area contributed by atoms with Crippen molar-refractivity contribution in [3.05, 3.63) is 67.6 Å². The van der Waals surface area contributed by atoms with Crippen LogP contribution in [0.5, 0.6) is 0 Å². The number of halogens is 1. The molecule has 3 rings (SSSR count). The van der Waals surface area contributed by atoms with E-state index in [9.17, 15) is 19.2 Å². The summed E-state index contributed by atoms with van der Waals surface area (Å²) in [7, 11) is 0. The van der Waals surface area contributed by atoms with Gasteiger partial charge in [-0.25, -0.2) is 4.39 Å². The number of thiocarbonyl (C=S) groups is 1. The highest BCUT2D eigenvalue weighted by molar-refractivity contribution is 8.26. The normalized spacial score (nSPS) is 15.5. The molecule has 1 aromatic carbocycles. The van der Waals surface area contributed by atoms with Gasteiger partial charge in [0.05, 0.1) is 4.91 Å². The van der Waals surface area contributed by atoms with Gasteiger partial charge in [0.1, 0.15) is 27.6 Å². The smallest absolute Gasteiger partial charge is 0.270 e. The third-order valence-corrected chi connectivity index (χ3v) is 7.44. The highest BCUT2D eigenvalue weighted by Gasteiger charge is 2.35. The number of nitrogens with zero attached hydrogens (tertiary/aromatic N) is 3. The number of hydrogen-bond donors (Lipinski definition) is 1. The summed E-state index contributed by atoms with van der Waals surface area (Å²) in [5, 5.41) is 13.1. The molecule has 0 spiro atoms. The highest BCUT2D eigenvalue weighted by Crippen LogP contribution is 2.36. The number of unbranched alkanes of at least 4 members (excludes halogenated alkanes) is 1. The zero-order valence-corrected chi connectivity index (χ0v) is 22.0. The average molecular weight is 513 g/mol. The first-order valence-electron chi connectivity index (χ1n) is 11.7. The van der Waals surface area contributed by atoms with Gasteiger partial charge in [0.2, 0.25) is 0 Å². The highest BCUT2D eigenvalue weighted by atomic mass is 32.2. The lowest BCUT2D eigenvalue weighted by Crippen LogP contribution is -2.36. The first-order chi connectivity index (χ1) is 16.7. The van der Waals surface area contributed by atoms with Gasteiger partial charge in [0.15, 0.2) is 0 Å². The number of pyridine rings is 1. The molecule has 1 aromatic heterocycles. The second kappa shape index (κ2) is 11.6. The van der Waals surface area contributed by atoms with Gasteiger partial charge in [0, 0.05) is 24.7 Å². The third-order valence-electron chi connectivity index (χ3n) is 6.11. The first kappa shape index (κ1) is 26.6. The quantitative estimate of drug-likeness (QED) is 0.349. The summed E-state index contributed by atoms with van der Waals surface area (Å²) in [4.78, 5) is 28.5. The molecule has 6 nitrogen and oxygen atoms in total. The second-order valence-corrected chi connectivity index (χ2v) is 10.1. The molecule has 9 heteroatoms. The Hall–Kier alpha value is -2.96. The molecule has 1 unspecified atom stereocenters. The Balaban J connectivity index is 2.16. The molecule has 1 fully saturated rings. The van der Waals surface area contributed by atoms with Crippen LogP contribution in [0.15, 0.2) is 34.0 Å². The molecule has 0 saturated carbocycles. The number of anilines is 1. The molecule has 2 aromatic rings. The number of nitrogens with one attached hydrogen (secondary N) is 1. The Morgan fingerprint density at radius 1 is 1.26 bits per heavy atom. The molecular weight excluding hydrogens is 483 g/mol. The van der Waals surface area contributed by atoms with E-state index in [2.05, 4.69) is 5.32 Å². The number of carbonyl (C=O) groups excluding carboxylic acids is 1. The number of carbonyl (C=O) groups is 1. The molecule has 0 aliphatic carbocycles. The number of rotatable bonds is 9. The van der Waals surface area contributed by atoms with Gasteiger partial charge >= 0.3 is 0 Å². The van der Waals surface area contributed by atoms with Crippen molar-refractivity contribution in [2.75, 3.05) is 5.32 Å². The van der Waals surface area contributed by atoms with E-state index in [1.165, 1.54) is 23.9 Å². The van der Waals surface area contributed by atoms with Gasteiger partial charge in [-0.2, -0.15) is 5.26 Å². The molecule has 1 aliphatic heterocycles. The fraction of sp³-hybridized carbons (Fsp3) is 0.385. The van der Waals surface area contributed by atoms with Crippen LogP contribution in [0.4, 0.5) is 10.2 Å². The van der Waals surface area contributed by atoms with Crippen LogP contribution in [0.25, 0.3) is 6.08 Å². The number of amides is 1. The zero-order valence-electron chi connectivity index (χ0n) is 20.4. The summed E-state index contributed by atoms with van der Waals surface area (Å²) < 4.78 is 15.4. The molecule has 35 heavy (non-hydrogen) atoms. The van der Waals surface area contributed by atoms with Crippen LogP contribution in [0, 0.1) is 24.1 Å². The molecule has 1 saturated heterocycles. The maximum atomic E-state index is 13.4. The average Bonchev–Trinajstić information content (AvgIpc) is 3.12. The monoisotopic (exact) mass is 512 g/mol. The lowest BCUT2D eigenvalue weighted by molar-refractivity contribution is -0.123. The Kier molecular flexibility index (Phi) is 8.87. The van der Waals surface area contributed by atoms with E-state index in [1.54, 1.807) is 34.6 Å². The van der Waals surface area contributed by atoms with Crippen LogP contribution in [-0.2, 0) is 17.9 Å². The van der Waals surface area contributed by atoms with E-state index < -0.39 is 0 Å². The maximum Gasteiger partial charge on any atom is 0.270 e. The summed E-state index contributed by atoms with van der Waals surface area (Å²) >= 11 is 6.69. The van der Waals surface area contributed by atoms with Crippen molar-refractivity contribution in [3.8, 4) is 6.07 Å². The van der Waals surface area contributed by atoms with Gasteiger partial charge in [-0.1, -0.05) is 56.4 Å². The SMILES string of the molecule is CCCCn1c(NCc2ccc(F)cc2)c(/C=C2/SC(=S)N(C(C)CC)C2=O)c(C)c(C#N)c1=O. The van der Waals surface area contributed by atoms with E-state index in [4.69, 9.17) is 12.2 Å². The lowest BCUT2D eigenvalue weighted by Gasteiger charge is -2.22. The molecule has 0 bridgehead atoms. The van der Waals surface area contributed by atoms with Gasteiger partial charge in [-0.15, -0.1) is 0 Å². The standard InChI is InChI=1S/C26H29FN4O2S2/c1-5-7-12-30-23(29-15-18-8-10-19(27)11-9-18)20(17(4)21(14-28)24(30)32)13-22-25(33)31(16(3)6-2)26(34)35-22/h8-11,13,16,29H,5-7,12,15H2,1-4H3/b22-13+. The fourth-order valence-corrected chi connectivity index (χ4v) is 5.29. The zero-order chi connectivity index (χ0) is 25.7.